The minimum Gasteiger partial charge on any atom is -0.493 e. The Morgan fingerprint density at radius 2 is 1.81 bits per heavy atom. The number of hydrogen-bond acceptors (Lipinski definition) is 7. The Morgan fingerprint density at radius 3 is 2.48 bits per heavy atom. The van der Waals surface area contributed by atoms with Crippen molar-refractivity contribution in [2.45, 2.75) is 18.7 Å². The molecule has 0 atom stereocenters. The van der Waals surface area contributed by atoms with Crippen LogP contribution in [0.1, 0.15) is 16.7 Å². The van der Waals surface area contributed by atoms with E-state index >= 15 is 0 Å². The average Bonchev–Trinajstić information content (AvgIpc) is 2.64. The van der Waals surface area contributed by atoms with E-state index in [0.29, 0.717) is 11.1 Å². The highest BCUT2D eigenvalue weighted by molar-refractivity contribution is 7.87. The largest absolute Gasteiger partial charge is 0.493 e. The van der Waals surface area contributed by atoms with Crippen LogP contribution in [0.2, 0.25) is 0 Å². The number of aryl methyl sites for hydroxylation is 2. The van der Waals surface area contributed by atoms with Crippen LogP contribution in [-0.4, -0.2) is 34.9 Å². The molecule has 8 nitrogen and oxygen atoms in total. The number of benzene rings is 2. The van der Waals surface area contributed by atoms with Gasteiger partial charge in [0.2, 0.25) is 0 Å². The Hall–Kier alpha value is -3.07. The van der Waals surface area contributed by atoms with Crippen LogP contribution in [0.3, 0.4) is 0 Å². The number of hydrazone groups is 1. The topological polar surface area (TPSA) is 103 Å². The van der Waals surface area contributed by atoms with Crippen molar-refractivity contribution < 1.29 is 26.9 Å². The molecule has 0 fully saturated rings. The standard InChI is InChI=1S/C18H20N2O6S/c1-12-5-6-13(2)17(9-12)27(22,23)26-15-8-7-14(10-16(15)24-3)11-19-20-18(21)25-4/h5-11H,1-4H3,(H,20,21)/b19-11+. The summed E-state index contributed by atoms with van der Waals surface area (Å²) < 4.78 is 40.2. The lowest BCUT2D eigenvalue weighted by molar-refractivity contribution is 0.171. The normalized spacial score (nSPS) is 11.3. The third-order valence-electron chi connectivity index (χ3n) is 3.56. The molecular formula is C18H20N2O6S. The monoisotopic (exact) mass is 392 g/mol. The highest BCUT2D eigenvalue weighted by Crippen LogP contribution is 2.31. The first-order chi connectivity index (χ1) is 12.8. The van der Waals surface area contributed by atoms with Crippen LogP contribution in [0.5, 0.6) is 11.5 Å². The Labute approximate surface area is 157 Å². The van der Waals surface area contributed by atoms with Gasteiger partial charge in [-0.1, -0.05) is 12.1 Å². The number of methoxy groups -OCH3 is 2. The van der Waals surface area contributed by atoms with Crippen molar-refractivity contribution in [1.82, 2.24) is 5.43 Å². The Balaban J connectivity index is 2.28. The number of rotatable bonds is 6. The third-order valence-corrected chi connectivity index (χ3v) is 4.93. The molecule has 2 aromatic rings. The molecule has 0 aliphatic heterocycles. The molecular weight excluding hydrogens is 372 g/mol. The van der Waals surface area contributed by atoms with Crippen molar-refractivity contribution in [2.24, 2.45) is 5.10 Å². The van der Waals surface area contributed by atoms with Gasteiger partial charge < -0.3 is 13.7 Å². The van der Waals surface area contributed by atoms with Crippen LogP contribution in [0.4, 0.5) is 4.79 Å². The summed E-state index contributed by atoms with van der Waals surface area (Å²) >= 11 is 0. The molecule has 144 valence electrons. The maximum absolute atomic E-state index is 12.6. The summed E-state index contributed by atoms with van der Waals surface area (Å²) in [4.78, 5) is 11.1. The smallest absolute Gasteiger partial charge is 0.427 e. The van der Waals surface area contributed by atoms with E-state index in [1.54, 1.807) is 32.0 Å². The fraction of sp³-hybridized carbons (Fsp3) is 0.222. The Morgan fingerprint density at radius 1 is 1.07 bits per heavy atom. The molecule has 1 N–H and O–H groups in total. The SMILES string of the molecule is COC(=O)N/N=C/c1ccc(OS(=O)(=O)c2cc(C)ccc2C)c(OC)c1. The lowest BCUT2D eigenvalue weighted by Crippen LogP contribution is -2.16. The Bertz CT molecular complexity index is 970. The molecule has 2 rings (SSSR count). The van der Waals surface area contributed by atoms with Crippen LogP contribution in [0, 0.1) is 13.8 Å². The molecule has 0 heterocycles. The summed E-state index contributed by atoms with van der Waals surface area (Å²) in [5, 5.41) is 3.70. The molecule has 1 amide bonds. The van der Waals surface area contributed by atoms with E-state index in [0.717, 1.165) is 5.56 Å². The van der Waals surface area contributed by atoms with Crippen molar-refractivity contribution in [3.8, 4) is 11.5 Å². The number of nitrogens with zero attached hydrogens (tertiary/aromatic N) is 1. The molecule has 0 saturated heterocycles. The van der Waals surface area contributed by atoms with E-state index in [9.17, 15) is 13.2 Å². The molecule has 9 heteroatoms. The van der Waals surface area contributed by atoms with Gasteiger partial charge in [-0.15, -0.1) is 0 Å². The first-order valence-corrected chi connectivity index (χ1v) is 9.24. The molecule has 0 unspecified atom stereocenters. The highest BCUT2D eigenvalue weighted by Gasteiger charge is 2.21. The van der Waals surface area contributed by atoms with Gasteiger partial charge in [-0.25, -0.2) is 10.2 Å². The molecule has 0 aromatic heterocycles. The van der Waals surface area contributed by atoms with Crippen LogP contribution >= 0.6 is 0 Å². The van der Waals surface area contributed by atoms with Gasteiger partial charge in [0.25, 0.3) is 0 Å². The van der Waals surface area contributed by atoms with Crippen molar-refractivity contribution >= 4 is 22.4 Å². The number of hydrogen-bond donors (Lipinski definition) is 1. The highest BCUT2D eigenvalue weighted by atomic mass is 32.2. The van der Waals surface area contributed by atoms with Crippen LogP contribution in [0.15, 0.2) is 46.4 Å². The summed E-state index contributed by atoms with van der Waals surface area (Å²) in [5.74, 6) is 0.238. The molecule has 27 heavy (non-hydrogen) atoms. The van der Waals surface area contributed by atoms with Crippen molar-refractivity contribution in [2.75, 3.05) is 14.2 Å². The number of nitrogens with one attached hydrogen (secondary N) is 1. The number of carbonyl (C=O) groups is 1. The summed E-state index contributed by atoms with van der Waals surface area (Å²) in [6.45, 7) is 3.50. The molecule has 0 bridgehead atoms. The van der Waals surface area contributed by atoms with Gasteiger partial charge in [0.05, 0.1) is 20.4 Å². The molecule has 0 radical (unpaired) electrons. The van der Waals surface area contributed by atoms with Gasteiger partial charge in [-0.05, 0) is 54.8 Å². The summed E-state index contributed by atoms with van der Waals surface area (Å²) in [7, 11) is -1.42. The molecule has 0 aliphatic carbocycles. The summed E-state index contributed by atoms with van der Waals surface area (Å²) in [5.41, 5.74) is 4.09. The first-order valence-electron chi connectivity index (χ1n) is 7.83. The predicted molar refractivity (Wildman–Crippen MR) is 99.9 cm³/mol. The quantitative estimate of drug-likeness (QED) is 0.461. The van der Waals surface area contributed by atoms with Gasteiger partial charge in [0, 0.05) is 0 Å². The zero-order valence-electron chi connectivity index (χ0n) is 15.3. The predicted octanol–water partition coefficient (Wildman–Crippen LogP) is 2.77. The third kappa shape index (κ3) is 5.20. The minimum absolute atomic E-state index is 0.0384. The second-order valence-corrected chi connectivity index (χ2v) is 7.09. The number of ether oxygens (including phenoxy) is 2. The summed E-state index contributed by atoms with van der Waals surface area (Å²) in [6, 6.07) is 9.63. The fourth-order valence-corrected chi connectivity index (χ4v) is 3.43. The van der Waals surface area contributed by atoms with E-state index in [1.807, 2.05) is 6.07 Å². The maximum atomic E-state index is 12.6. The van der Waals surface area contributed by atoms with Gasteiger partial charge in [-0.3, -0.25) is 0 Å². The second-order valence-electron chi connectivity index (χ2n) is 5.58. The van der Waals surface area contributed by atoms with Gasteiger partial charge >= 0.3 is 16.2 Å². The zero-order valence-corrected chi connectivity index (χ0v) is 16.2. The van der Waals surface area contributed by atoms with E-state index in [1.165, 1.54) is 32.6 Å². The molecule has 0 aliphatic rings. The summed E-state index contributed by atoms with van der Waals surface area (Å²) in [6.07, 6.45) is 0.639. The number of amides is 1. The minimum atomic E-state index is -4.03. The van der Waals surface area contributed by atoms with Gasteiger partial charge in [0.15, 0.2) is 11.5 Å². The fourth-order valence-electron chi connectivity index (χ4n) is 2.18. The van der Waals surface area contributed by atoms with Gasteiger partial charge in [0.1, 0.15) is 4.90 Å². The van der Waals surface area contributed by atoms with Crippen LogP contribution < -0.4 is 14.3 Å². The van der Waals surface area contributed by atoms with E-state index in [-0.39, 0.29) is 16.4 Å². The Kier molecular flexibility index (Phi) is 6.40. The van der Waals surface area contributed by atoms with Crippen molar-refractivity contribution in [1.29, 1.82) is 0 Å². The zero-order chi connectivity index (χ0) is 20.0. The van der Waals surface area contributed by atoms with Gasteiger partial charge in [-0.2, -0.15) is 13.5 Å². The maximum Gasteiger partial charge on any atom is 0.427 e. The second kappa shape index (κ2) is 8.54. The van der Waals surface area contributed by atoms with E-state index in [2.05, 4.69) is 15.3 Å². The van der Waals surface area contributed by atoms with Crippen LogP contribution in [-0.2, 0) is 14.9 Å². The van der Waals surface area contributed by atoms with E-state index in [4.69, 9.17) is 8.92 Å². The lowest BCUT2D eigenvalue weighted by atomic mass is 10.2. The first kappa shape index (κ1) is 20.2. The van der Waals surface area contributed by atoms with Crippen LogP contribution in [0.25, 0.3) is 0 Å². The van der Waals surface area contributed by atoms with E-state index < -0.39 is 16.2 Å². The molecule has 0 saturated carbocycles. The molecule has 2 aromatic carbocycles. The lowest BCUT2D eigenvalue weighted by Gasteiger charge is -2.13. The van der Waals surface area contributed by atoms with Crippen molar-refractivity contribution in [3.05, 3.63) is 53.1 Å². The number of carbonyl (C=O) groups excluding carboxylic acids is 1. The average molecular weight is 392 g/mol. The van der Waals surface area contributed by atoms with Crippen molar-refractivity contribution in [3.63, 3.8) is 0 Å². The molecule has 0 spiro atoms.